The van der Waals surface area contributed by atoms with Crippen molar-refractivity contribution >= 4 is 5.82 Å². The molecule has 1 saturated heterocycles. The van der Waals surface area contributed by atoms with Crippen LogP contribution in [0.25, 0.3) is 0 Å². The summed E-state index contributed by atoms with van der Waals surface area (Å²) >= 11 is 0. The van der Waals surface area contributed by atoms with E-state index in [2.05, 4.69) is 20.0 Å². The fourth-order valence-electron chi connectivity index (χ4n) is 3.46. The van der Waals surface area contributed by atoms with Crippen LogP contribution < -0.4 is 4.90 Å². The summed E-state index contributed by atoms with van der Waals surface area (Å²) in [6.07, 6.45) is 7.39. The van der Waals surface area contributed by atoms with E-state index in [1.54, 1.807) is 6.33 Å². The molecule has 20 heavy (non-hydrogen) atoms. The van der Waals surface area contributed by atoms with Gasteiger partial charge < -0.3 is 9.42 Å². The molecule has 0 saturated carbocycles. The largest absolute Gasteiger partial charge is 0.361 e. The Hall–Kier alpha value is -1.91. The molecule has 0 N–H and O–H groups in total. The standard InChI is InChI=1S/C15H18N4O/c1-10-8-13(18-20-10)14-6-3-7-19(14)15-11-4-2-5-12(11)16-9-17-15/h8-9,14H,2-7H2,1H3/t14-/m1/s1. The first-order chi connectivity index (χ1) is 9.83. The Balaban J connectivity index is 1.72. The summed E-state index contributed by atoms with van der Waals surface area (Å²) in [6.45, 7) is 2.98. The van der Waals surface area contributed by atoms with Gasteiger partial charge in [0.05, 0.1) is 6.04 Å². The molecule has 5 nitrogen and oxygen atoms in total. The number of rotatable bonds is 2. The first-order valence-corrected chi connectivity index (χ1v) is 7.35. The van der Waals surface area contributed by atoms with Crippen molar-refractivity contribution in [2.45, 2.75) is 45.1 Å². The van der Waals surface area contributed by atoms with E-state index in [1.807, 2.05) is 13.0 Å². The molecule has 0 aromatic carbocycles. The average Bonchev–Trinajstić information content (AvgIpc) is 3.17. The summed E-state index contributed by atoms with van der Waals surface area (Å²) in [6, 6.07) is 2.34. The highest BCUT2D eigenvalue weighted by Gasteiger charge is 2.32. The number of fused-ring (bicyclic) bond motifs is 1. The predicted octanol–water partition coefficient (Wildman–Crippen LogP) is 2.60. The Kier molecular flexibility index (Phi) is 2.72. The van der Waals surface area contributed by atoms with Gasteiger partial charge in [-0.2, -0.15) is 0 Å². The maximum absolute atomic E-state index is 5.24. The molecular weight excluding hydrogens is 252 g/mol. The lowest BCUT2D eigenvalue weighted by molar-refractivity contribution is 0.385. The molecule has 0 bridgehead atoms. The highest BCUT2D eigenvalue weighted by Crippen LogP contribution is 2.38. The third-order valence-electron chi connectivity index (χ3n) is 4.36. The third kappa shape index (κ3) is 1.80. The molecule has 0 radical (unpaired) electrons. The molecule has 0 spiro atoms. The highest BCUT2D eigenvalue weighted by atomic mass is 16.5. The Bertz CT molecular complexity index is 637. The van der Waals surface area contributed by atoms with Gasteiger partial charge in [-0.3, -0.25) is 0 Å². The first kappa shape index (κ1) is 11.9. The van der Waals surface area contributed by atoms with Crippen molar-refractivity contribution in [2.24, 2.45) is 0 Å². The van der Waals surface area contributed by atoms with Gasteiger partial charge in [0.25, 0.3) is 0 Å². The fourth-order valence-corrected chi connectivity index (χ4v) is 3.46. The van der Waals surface area contributed by atoms with Crippen LogP contribution in [0.4, 0.5) is 5.82 Å². The molecule has 1 aliphatic carbocycles. The molecule has 3 heterocycles. The van der Waals surface area contributed by atoms with Crippen LogP contribution in [0.15, 0.2) is 16.9 Å². The SMILES string of the molecule is Cc1cc([C@H]2CCCN2c2ncnc3c2CCC3)no1. The van der Waals surface area contributed by atoms with Gasteiger partial charge in [0.1, 0.15) is 23.6 Å². The topological polar surface area (TPSA) is 55.1 Å². The molecule has 2 aliphatic rings. The molecule has 0 unspecified atom stereocenters. The molecule has 2 aromatic rings. The lowest BCUT2D eigenvalue weighted by Gasteiger charge is -2.25. The summed E-state index contributed by atoms with van der Waals surface area (Å²) in [7, 11) is 0. The second-order valence-corrected chi connectivity index (χ2v) is 5.69. The number of aryl methyl sites for hydroxylation is 2. The van der Waals surface area contributed by atoms with E-state index in [9.17, 15) is 0 Å². The van der Waals surface area contributed by atoms with Crippen LogP contribution in [0.5, 0.6) is 0 Å². The summed E-state index contributed by atoms with van der Waals surface area (Å²) in [5.41, 5.74) is 3.61. The smallest absolute Gasteiger partial charge is 0.135 e. The van der Waals surface area contributed by atoms with Gasteiger partial charge in [-0.1, -0.05) is 5.16 Å². The number of hydrogen-bond acceptors (Lipinski definition) is 5. The molecule has 4 rings (SSSR count). The van der Waals surface area contributed by atoms with Crippen LogP contribution in [0.1, 0.15) is 48.0 Å². The van der Waals surface area contributed by atoms with Crippen molar-refractivity contribution in [3.05, 3.63) is 35.1 Å². The zero-order valence-corrected chi connectivity index (χ0v) is 11.7. The summed E-state index contributed by atoms with van der Waals surface area (Å²) in [5, 5.41) is 4.21. The van der Waals surface area contributed by atoms with E-state index in [4.69, 9.17) is 4.52 Å². The van der Waals surface area contributed by atoms with Crippen molar-refractivity contribution in [1.82, 2.24) is 15.1 Å². The fraction of sp³-hybridized carbons (Fsp3) is 0.533. The Morgan fingerprint density at radius 1 is 1.25 bits per heavy atom. The summed E-state index contributed by atoms with van der Waals surface area (Å²) in [4.78, 5) is 11.4. The summed E-state index contributed by atoms with van der Waals surface area (Å²) in [5.74, 6) is 2.00. The minimum Gasteiger partial charge on any atom is -0.361 e. The van der Waals surface area contributed by atoms with Crippen LogP contribution >= 0.6 is 0 Å². The molecule has 5 heteroatoms. The molecular formula is C15H18N4O. The van der Waals surface area contributed by atoms with Gasteiger partial charge in [-0.05, 0) is 39.0 Å². The highest BCUT2D eigenvalue weighted by molar-refractivity contribution is 5.52. The van der Waals surface area contributed by atoms with Gasteiger partial charge in [0.2, 0.25) is 0 Å². The molecule has 1 aliphatic heterocycles. The van der Waals surface area contributed by atoms with E-state index in [-0.39, 0.29) is 0 Å². The van der Waals surface area contributed by atoms with Gasteiger partial charge in [-0.15, -0.1) is 0 Å². The quantitative estimate of drug-likeness (QED) is 0.839. The Morgan fingerprint density at radius 3 is 3.05 bits per heavy atom. The van der Waals surface area contributed by atoms with E-state index in [1.165, 1.54) is 24.1 Å². The molecule has 1 fully saturated rings. The maximum Gasteiger partial charge on any atom is 0.135 e. The third-order valence-corrected chi connectivity index (χ3v) is 4.36. The minimum absolute atomic E-state index is 0.298. The second kappa shape index (κ2) is 4.58. The van der Waals surface area contributed by atoms with Crippen molar-refractivity contribution in [2.75, 3.05) is 11.4 Å². The van der Waals surface area contributed by atoms with E-state index >= 15 is 0 Å². The normalized spacial score (nSPS) is 21.4. The van der Waals surface area contributed by atoms with E-state index in [0.717, 1.165) is 43.1 Å². The maximum atomic E-state index is 5.24. The zero-order chi connectivity index (χ0) is 13.5. The summed E-state index contributed by atoms with van der Waals surface area (Å²) < 4.78 is 5.24. The van der Waals surface area contributed by atoms with Gasteiger partial charge in [0.15, 0.2) is 0 Å². The van der Waals surface area contributed by atoms with Crippen LogP contribution in [-0.2, 0) is 12.8 Å². The van der Waals surface area contributed by atoms with Crippen LogP contribution in [-0.4, -0.2) is 21.7 Å². The van der Waals surface area contributed by atoms with Crippen molar-refractivity contribution in [3.8, 4) is 0 Å². The van der Waals surface area contributed by atoms with Crippen LogP contribution in [0.3, 0.4) is 0 Å². The first-order valence-electron chi connectivity index (χ1n) is 7.35. The number of hydrogen-bond donors (Lipinski definition) is 0. The van der Waals surface area contributed by atoms with Crippen molar-refractivity contribution in [1.29, 1.82) is 0 Å². The van der Waals surface area contributed by atoms with Crippen LogP contribution in [0, 0.1) is 6.92 Å². The lowest BCUT2D eigenvalue weighted by atomic mass is 10.1. The second-order valence-electron chi connectivity index (χ2n) is 5.69. The van der Waals surface area contributed by atoms with Gasteiger partial charge in [-0.25, -0.2) is 9.97 Å². The molecule has 1 atom stereocenters. The van der Waals surface area contributed by atoms with E-state index in [0.29, 0.717) is 6.04 Å². The molecule has 2 aromatic heterocycles. The number of anilines is 1. The minimum atomic E-state index is 0.298. The van der Waals surface area contributed by atoms with Gasteiger partial charge >= 0.3 is 0 Å². The van der Waals surface area contributed by atoms with Gasteiger partial charge in [0, 0.05) is 23.9 Å². The predicted molar refractivity (Wildman–Crippen MR) is 74.6 cm³/mol. The lowest BCUT2D eigenvalue weighted by Crippen LogP contribution is -2.25. The number of aromatic nitrogens is 3. The zero-order valence-electron chi connectivity index (χ0n) is 11.7. The Labute approximate surface area is 118 Å². The number of nitrogens with zero attached hydrogens (tertiary/aromatic N) is 4. The molecule has 104 valence electrons. The Morgan fingerprint density at radius 2 is 2.20 bits per heavy atom. The van der Waals surface area contributed by atoms with Crippen molar-refractivity contribution in [3.63, 3.8) is 0 Å². The van der Waals surface area contributed by atoms with Crippen molar-refractivity contribution < 1.29 is 4.52 Å². The van der Waals surface area contributed by atoms with Crippen LogP contribution in [0.2, 0.25) is 0 Å². The van der Waals surface area contributed by atoms with E-state index < -0.39 is 0 Å². The average molecular weight is 270 g/mol. The molecule has 0 amide bonds. The monoisotopic (exact) mass is 270 g/mol.